The predicted octanol–water partition coefficient (Wildman–Crippen LogP) is 2.46. The molecule has 0 aromatic heterocycles. The third-order valence-electron chi connectivity index (χ3n) is 4.84. The van der Waals surface area contributed by atoms with Crippen molar-refractivity contribution < 1.29 is 14.0 Å². The molecular formula is C23H29FIN5O2. The maximum absolute atomic E-state index is 13.2. The normalized spacial score (nSPS) is 15.8. The second-order valence-corrected chi connectivity index (χ2v) is 7.30. The van der Waals surface area contributed by atoms with Crippen LogP contribution in [0.4, 0.5) is 10.1 Å². The summed E-state index contributed by atoms with van der Waals surface area (Å²) in [6.45, 7) is 3.96. The molecule has 0 radical (unpaired) electrons. The van der Waals surface area contributed by atoms with Crippen molar-refractivity contribution in [3.8, 4) is 0 Å². The van der Waals surface area contributed by atoms with E-state index in [9.17, 15) is 14.0 Å². The topological polar surface area (TPSA) is 85.8 Å². The smallest absolute Gasteiger partial charge is 0.229 e. The van der Waals surface area contributed by atoms with Crippen molar-refractivity contribution in [1.29, 1.82) is 0 Å². The number of guanidine groups is 1. The fourth-order valence-corrected chi connectivity index (χ4v) is 3.43. The number of amides is 2. The number of nitrogens with zero attached hydrogens (tertiary/aromatic N) is 2. The predicted molar refractivity (Wildman–Crippen MR) is 135 cm³/mol. The van der Waals surface area contributed by atoms with Gasteiger partial charge in [0.2, 0.25) is 11.8 Å². The van der Waals surface area contributed by atoms with Gasteiger partial charge in [-0.15, -0.1) is 24.0 Å². The Labute approximate surface area is 204 Å². The molecule has 1 heterocycles. The Morgan fingerprint density at radius 1 is 1.16 bits per heavy atom. The van der Waals surface area contributed by atoms with Gasteiger partial charge in [-0.25, -0.2) is 4.39 Å². The lowest BCUT2D eigenvalue weighted by molar-refractivity contribution is -0.120. The molecule has 3 rings (SSSR count). The largest absolute Gasteiger partial charge is 0.357 e. The van der Waals surface area contributed by atoms with E-state index in [0.717, 1.165) is 5.69 Å². The molecule has 0 saturated carbocycles. The van der Waals surface area contributed by atoms with Crippen LogP contribution in [0, 0.1) is 5.82 Å². The number of halogens is 2. The van der Waals surface area contributed by atoms with Crippen LogP contribution in [0.15, 0.2) is 59.6 Å². The third kappa shape index (κ3) is 7.77. The summed E-state index contributed by atoms with van der Waals surface area (Å²) in [5.41, 5.74) is 1.52. The Bertz CT molecular complexity index is 926. The monoisotopic (exact) mass is 553 g/mol. The first-order valence-corrected chi connectivity index (χ1v) is 10.5. The molecule has 0 spiro atoms. The number of benzene rings is 2. The van der Waals surface area contributed by atoms with E-state index in [2.05, 4.69) is 20.9 Å². The molecule has 1 aliphatic rings. The van der Waals surface area contributed by atoms with Gasteiger partial charge in [-0.3, -0.25) is 14.6 Å². The Morgan fingerprint density at radius 2 is 1.94 bits per heavy atom. The number of carbonyl (C=O) groups is 2. The molecule has 1 fully saturated rings. The molecular weight excluding hydrogens is 524 g/mol. The van der Waals surface area contributed by atoms with E-state index in [1.807, 2.05) is 37.3 Å². The minimum Gasteiger partial charge on any atom is -0.357 e. The van der Waals surface area contributed by atoms with Crippen LogP contribution in [-0.2, 0) is 16.0 Å². The van der Waals surface area contributed by atoms with E-state index in [1.54, 1.807) is 17.0 Å². The van der Waals surface area contributed by atoms with Crippen LogP contribution in [0.25, 0.3) is 0 Å². The first-order valence-electron chi connectivity index (χ1n) is 10.5. The van der Waals surface area contributed by atoms with E-state index in [0.29, 0.717) is 44.1 Å². The number of rotatable bonds is 8. The highest BCUT2D eigenvalue weighted by Crippen LogP contribution is 2.20. The Morgan fingerprint density at radius 3 is 2.66 bits per heavy atom. The lowest BCUT2D eigenvalue weighted by Gasteiger charge is -2.19. The first kappa shape index (κ1) is 25.6. The van der Waals surface area contributed by atoms with E-state index in [4.69, 9.17) is 0 Å². The minimum absolute atomic E-state index is 0. The number of carbonyl (C=O) groups excluding carboxylic acids is 2. The van der Waals surface area contributed by atoms with Crippen LogP contribution < -0.4 is 20.9 Å². The van der Waals surface area contributed by atoms with Crippen LogP contribution in [0.5, 0.6) is 0 Å². The van der Waals surface area contributed by atoms with Crippen molar-refractivity contribution in [2.75, 3.05) is 31.1 Å². The summed E-state index contributed by atoms with van der Waals surface area (Å²) in [7, 11) is 0. The molecule has 2 aromatic rings. The van der Waals surface area contributed by atoms with Gasteiger partial charge < -0.3 is 20.9 Å². The van der Waals surface area contributed by atoms with E-state index in [1.165, 1.54) is 12.1 Å². The van der Waals surface area contributed by atoms with Gasteiger partial charge in [-0.05, 0) is 36.8 Å². The summed E-state index contributed by atoms with van der Waals surface area (Å²) in [5.74, 6) is 0.143. The summed E-state index contributed by atoms with van der Waals surface area (Å²) in [5, 5.41) is 9.26. The maximum atomic E-state index is 13.2. The minimum atomic E-state index is -0.354. The fourth-order valence-electron chi connectivity index (χ4n) is 3.43. The number of nitrogens with one attached hydrogen (secondary N) is 3. The molecule has 1 aliphatic heterocycles. The molecule has 2 amide bonds. The van der Waals surface area contributed by atoms with E-state index < -0.39 is 0 Å². The van der Waals surface area contributed by atoms with Gasteiger partial charge in [0.05, 0.1) is 19.0 Å². The second kappa shape index (κ2) is 13.0. The van der Waals surface area contributed by atoms with E-state index >= 15 is 0 Å². The Balaban J connectivity index is 0.00000363. The third-order valence-corrected chi connectivity index (χ3v) is 4.84. The molecule has 9 heteroatoms. The average molecular weight is 553 g/mol. The number of para-hydroxylation sites is 1. The average Bonchev–Trinajstić information content (AvgIpc) is 3.12. The van der Waals surface area contributed by atoms with Crippen molar-refractivity contribution in [2.45, 2.75) is 25.8 Å². The molecule has 7 nitrogen and oxygen atoms in total. The lowest BCUT2D eigenvalue weighted by Crippen LogP contribution is -2.45. The Kier molecular flexibility index (Phi) is 10.4. The summed E-state index contributed by atoms with van der Waals surface area (Å²) in [6.07, 6.45) is 0.517. The van der Waals surface area contributed by atoms with Crippen LogP contribution in [-0.4, -0.2) is 50.0 Å². The van der Waals surface area contributed by atoms with Gasteiger partial charge >= 0.3 is 0 Å². The number of hydrogen-bond donors (Lipinski definition) is 3. The van der Waals surface area contributed by atoms with Crippen LogP contribution in [0.3, 0.4) is 0 Å². The van der Waals surface area contributed by atoms with Gasteiger partial charge in [-0.1, -0.05) is 30.3 Å². The molecule has 32 heavy (non-hydrogen) atoms. The summed E-state index contributed by atoms with van der Waals surface area (Å²) >= 11 is 0. The lowest BCUT2D eigenvalue weighted by atomic mass is 10.1. The summed E-state index contributed by atoms with van der Waals surface area (Å²) in [4.78, 5) is 30.7. The molecule has 3 N–H and O–H groups in total. The molecule has 1 saturated heterocycles. The van der Waals surface area contributed by atoms with Crippen molar-refractivity contribution in [1.82, 2.24) is 16.0 Å². The highest BCUT2D eigenvalue weighted by Gasteiger charge is 2.31. The maximum Gasteiger partial charge on any atom is 0.229 e. The molecule has 1 atom stereocenters. The van der Waals surface area contributed by atoms with Gasteiger partial charge in [-0.2, -0.15) is 0 Å². The fraction of sp³-hybridized carbons (Fsp3) is 0.348. The second-order valence-electron chi connectivity index (χ2n) is 7.30. The first-order chi connectivity index (χ1) is 15.0. The zero-order chi connectivity index (χ0) is 22.1. The van der Waals surface area contributed by atoms with E-state index in [-0.39, 0.29) is 54.1 Å². The molecule has 0 bridgehead atoms. The van der Waals surface area contributed by atoms with Crippen LogP contribution >= 0.6 is 24.0 Å². The number of anilines is 1. The SMILES string of the molecule is CCNC(=NCCNC(=O)Cc1cccc(F)c1)NC1CC(=O)N(c2ccccc2)C1.I. The van der Waals surface area contributed by atoms with Crippen LogP contribution in [0.1, 0.15) is 18.9 Å². The van der Waals surface area contributed by atoms with Gasteiger partial charge in [0.15, 0.2) is 5.96 Å². The summed E-state index contributed by atoms with van der Waals surface area (Å²) < 4.78 is 13.2. The highest BCUT2D eigenvalue weighted by atomic mass is 127. The zero-order valence-electron chi connectivity index (χ0n) is 18.0. The van der Waals surface area contributed by atoms with Crippen molar-refractivity contribution in [3.05, 3.63) is 66.0 Å². The standard InChI is InChI=1S/C23H28FN5O2.HI/c1-2-25-23(27-12-11-26-21(30)14-17-7-6-8-18(24)13-17)28-19-15-22(31)29(16-19)20-9-4-3-5-10-20;/h3-10,13,19H,2,11-12,14-16H2,1H3,(H,26,30)(H2,25,27,28);1H. The van der Waals surface area contributed by atoms with Crippen molar-refractivity contribution in [2.24, 2.45) is 4.99 Å². The van der Waals surface area contributed by atoms with Gasteiger partial charge in [0, 0.05) is 31.7 Å². The van der Waals surface area contributed by atoms with Crippen molar-refractivity contribution >= 4 is 47.4 Å². The van der Waals surface area contributed by atoms with Crippen molar-refractivity contribution in [3.63, 3.8) is 0 Å². The number of hydrogen-bond acceptors (Lipinski definition) is 3. The summed E-state index contributed by atoms with van der Waals surface area (Å²) in [6, 6.07) is 15.6. The molecule has 172 valence electrons. The molecule has 2 aromatic carbocycles. The quantitative estimate of drug-likeness (QED) is 0.203. The Hall–Kier alpha value is -2.69. The highest BCUT2D eigenvalue weighted by molar-refractivity contribution is 14.0. The van der Waals surface area contributed by atoms with Gasteiger partial charge in [0.1, 0.15) is 5.82 Å². The molecule has 1 unspecified atom stereocenters. The van der Waals surface area contributed by atoms with Gasteiger partial charge in [0.25, 0.3) is 0 Å². The zero-order valence-corrected chi connectivity index (χ0v) is 20.3. The van der Waals surface area contributed by atoms with Crippen LogP contribution in [0.2, 0.25) is 0 Å². The number of aliphatic imine (C=N–C) groups is 1. The molecule has 0 aliphatic carbocycles.